The number of aromatic amines is 1. The Labute approximate surface area is 253 Å². The number of imide groups is 1. The summed E-state index contributed by atoms with van der Waals surface area (Å²) in [4.78, 5) is 38.0. The maximum Gasteiger partial charge on any atom is 0.276 e. The first-order valence-electron chi connectivity index (χ1n) is 14.7. The minimum Gasteiger partial charge on any atom is -0.496 e. The third-order valence-corrected chi connectivity index (χ3v) is 8.48. The van der Waals surface area contributed by atoms with Gasteiger partial charge in [0.05, 0.1) is 19.9 Å². The molecule has 0 saturated carbocycles. The number of aryl methyl sites for hydroxylation is 1. The van der Waals surface area contributed by atoms with E-state index in [1.165, 1.54) is 17.7 Å². The number of carbonyl (C=O) groups excluding carboxylic acids is 2. The maximum atomic E-state index is 15.6. The molecule has 0 radical (unpaired) electrons. The molecule has 3 N–H and O–H groups in total. The molecule has 12 heteroatoms. The number of hydrogen-bond donors (Lipinski definition) is 3. The number of benzene rings is 2. The van der Waals surface area contributed by atoms with E-state index in [4.69, 9.17) is 9.47 Å². The van der Waals surface area contributed by atoms with E-state index in [-0.39, 0.29) is 23.2 Å². The second-order valence-corrected chi connectivity index (χ2v) is 11.5. The summed E-state index contributed by atoms with van der Waals surface area (Å²) in [5.74, 6) is 0.698. The lowest BCUT2D eigenvalue weighted by Gasteiger charge is -2.32. The van der Waals surface area contributed by atoms with Crippen LogP contribution in [-0.4, -0.2) is 64.3 Å². The molecular formula is C32H35FN6O5. The molecule has 0 spiro atoms. The summed E-state index contributed by atoms with van der Waals surface area (Å²) in [6, 6.07) is 10.4. The largest absolute Gasteiger partial charge is 0.496 e. The molecule has 1 unspecified atom stereocenters. The zero-order valence-electron chi connectivity index (χ0n) is 24.7. The number of nitrogens with zero attached hydrogens (tertiary/aromatic N) is 3. The van der Waals surface area contributed by atoms with Gasteiger partial charge in [-0.05, 0) is 80.2 Å². The molecule has 6 rings (SSSR count). The Morgan fingerprint density at radius 1 is 1.09 bits per heavy atom. The number of H-pyrrole nitrogens is 1. The zero-order chi connectivity index (χ0) is 30.8. The molecule has 1 atom stereocenters. The van der Waals surface area contributed by atoms with Crippen LogP contribution in [0, 0.1) is 11.7 Å². The van der Waals surface area contributed by atoms with E-state index >= 15 is 4.39 Å². The van der Waals surface area contributed by atoms with Gasteiger partial charge in [-0.1, -0.05) is 0 Å². The van der Waals surface area contributed by atoms with Gasteiger partial charge in [-0.25, -0.2) is 4.39 Å². The number of amides is 2. The molecule has 2 saturated heterocycles. The van der Waals surface area contributed by atoms with Gasteiger partial charge in [0.2, 0.25) is 11.8 Å². The van der Waals surface area contributed by atoms with Crippen LogP contribution in [0.4, 0.5) is 10.1 Å². The van der Waals surface area contributed by atoms with Crippen LogP contribution in [0.2, 0.25) is 0 Å². The fraction of sp³-hybridized carbons (Fsp3) is 0.375. The Morgan fingerprint density at radius 3 is 2.59 bits per heavy atom. The first-order chi connectivity index (χ1) is 21.3. The standard InChI is InChI=1S/C32H35FN6O5/c1-38-16-24(23-15-34-37-30(23)32(38)42)20-13-26(33)25(28(14-20)43-2)17-39-11-9-19(10-12-39)18-44-22-5-3-21(4-6-22)35-27-7-8-29(40)36-31(27)41/h3-6,13-16,19,27,35H,7-12,17-18H2,1-2H3,(H,34,37)(H,36,40,41). The highest BCUT2D eigenvalue weighted by atomic mass is 19.1. The Kier molecular flexibility index (Phi) is 8.34. The highest BCUT2D eigenvalue weighted by Gasteiger charge is 2.26. The van der Waals surface area contributed by atoms with E-state index in [1.807, 2.05) is 30.3 Å². The number of nitrogens with one attached hydrogen (secondary N) is 3. The molecule has 230 valence electrons. The van der Waals surface area contributed by atoms with Crippen molar-refractivity contribution in [2.75, 3.05) is 32.1 Å². The fourth-order valence-corrected chi connectivity index (χ4v) is 5.91. The smallest absolute Gasteiger partial charge is 0.276 e. The number of halogens is 1. The average molecular weight is 603 g/mol. The fourth-order valence-electron chi connectivity index (χ4n) is 5.91. The van der Waals surface area contributed by atoms with Crippen LogP contribution in [0.25, 0.3) is 22.0 Å². The van der Waals surface area contributed by atoms with Crippen LogP contribution in [0.15, 0.2) is 53.6 Å². The summed E-state index contributed by atoms with van der Waals surface area (Å²) in [6.45, 7) is 2.63. The van der Waals surface area contributed by atoms with Gasteiger partial charge in [0.15, 0.2) is 0 Å². The van der Waals surface area contributed by atoms with Crippen LogP contribution in [0.1, 0.15) is 31.2 Å². The Morgan fingerprint density at radius 2 is 1.86 bits per heavy atom. The molecule has 4 heterocycles. The van der Waals surface area contributed by atoms with Gasteiger partial charge in [-0.2, -0.15) is 5.10 Å². The van der Waals surface area contributed by atoms with Gasteiger partial charge in [0, 0.05) is 48.4 Å². The van der Waals surface area contributed by atoms with Crippen LogP contribution in [-0.2, 0) is 23.2 Å². The van der Waals surface area contributed by atoms with E-state index < -0.39 is 6.04 Å². The molecule has 2 aliphatic rings. The van der Waals surface area contributed by atoms with Gasteiger partial charge >= 0.3 is 0 Å². The van der Waals surface area contributed by atoms with E-state index in [2.05, 4.69) is 25.7 Å². The Hall–Kier alpha value is -4.71. The second-order valence-electron chi connectivity index (χ2n) is 11.5. The minimum atomic E-state index is -0.426. The predicted molar refractivity (Wildman–Crippen MR) is 163 cm³/mol. The van der Waals surface area contributed by atoms with E-state index in [1.54, 1.807) is 19.4 Å². The minimum absolute atomic E-state index is 0.198. The number of methoxy groups -OCH3 is 1. The van der Waals surface area contributed by atoms with Crippen molar-refractivity contribution in [3.8, 4) is 22.6 Å². The third-order valence-electron chi connectivity index (χ3n) is 8.48. The van der Waals surface area contributed by atoms with E-state index in [0.717, 1.165) is 37.4 Å². The van der Waals surface area contributed by atoms with Crippen molar-refractivity contribution in [1.29, 1.82) is 0 Å². The summed E-state index contributed by atoms with van der Waals surface area (Å²) in [5, 5.41) is 12.9. The topological polar surface area (TPSA) is 131 Å². The van der Waals surface area contributed by atoms with Gasteiger partial charge in [0.25, 0.3) is 5.56 Å². The highest BCUT2D eigenvalue weighted by molar-refractivity contribution is 6.01. The Balaban J connectivity index is 1.03. The summed E-state index contributed by atoms with van der Waals surface area (Å²) < 4.78 is 28.7. The first kappa shape index (κ1) is 29.4. The summed E-state index contributed by atoms with van der Waals surface area (Å²) in [5.41, 5.74) is 2.78. The molecule has 2 aromatic carbocycles. The number of fused-ring (bicyclic) bond motifs is 1. The SMILES string of the molecule is COc1cc(-c2cn(C)c(=O)c3[nH]ncc23)cc(F)c1CN1CCC(COc2ccc(NC3CCC(=O)NC3=O)cc2)CC1. The zero-order valence-corrected chi connectivity index (χ0v) is 24.7. The van der Waals surface area contributed by atoms with Crippen molar-refractivity contribution >= 4 is 28.4 Å². The number of carbonyl (C=O) groups is 2. The van der Waals surface area contributed by atoms with Gasteiger partial charge in [-0.15, -0.1) is 0 Å². The Bertz CT molecular complexity index is 1740. The average Bonchev–Trinajstić information content (AvgIpc) is 3.52. The number of anilines is 1. The van der Waals surface area contributed by atoms with Gasteiger partial charge in [-0.3, -0.25) is 29.7 Å². The second kappa shape index (κ2) is 12.5. The van der Waals surface area contributed by atoms with Gasteiger partial charge < -0.3 is 19.4 Å². The lowest BCUT2D eigenvalue weighted by Crippen LogP contribution is -2.47. The molecule has 2 fully saturated rings. The van der Waals surface area contributed by atoms with Crippen molar-refractivity contribution in [2.45, 2.75) is 38.3 Å². The summed E-state index contributed by atoms with van der Waals surface area (Å²) >= 11 is 0. The monoisotopic (exact) mass is 602 g/mol. The van der Waals surface area contributed by atoms with Gasteiger partial charge in [0.1, 0.15) is 28.9 Å². The highest BCUT2D eigenvalue weighted by Crippen LogP contribution is 2.34. The molecule has 0 aliphatic carbocycles. The number of hydrogen-bond acceptors (Lipinski definition) is 8. The maximum absolute atomic E-state index is 15.6. The third kappa shape index (κ3) is 6.16. The van der Waals surface area contributed by atoms with Crippen molar-refractivity contribution in [2.24, 2.45) is 13.0 Å². The molecule has 2 aliphatic heterocycles. The van der Waals surface area contributed by atoms with Crippen LogP contribution < -0.4 is 25.7 Å². The number of aromatic nitrogens is 3. The van der Waals surface area contributed by atoms with E-state index in [0.29, 0.717) is 65.3 Å². The first-order valence-corrected chi connectivity index (χ1v) is 14.7. The van der Waals surface area contributed by atoms with Crippen LogP contribution in [0.5, 0.6) is 11.5 Å². The normalized spacial score (nSPS) is 17.9. The lowest BCUT2D eigenvalue weighted by molar-refractivity contribution is -0.133. The van der Waals surface area contributed by atoms with Crippen molar-refractivity contribution in [3.05, 3.63) is 70.5 Å². The van der Waals surface area contributed by atoms with Crippen LogP contribution >= 0.6 is 0 Å². The lowest BCUT2D eigenvalue weighted by atomic mass is 9.96. The van der Waals surface area contributed by atoms with Crippen LogP contribution in [0.3, 0.4) is 0 Å². The van der Waals surface area contributed by atoms with E-state index in [9.17, 15) is 14.4 Å². The molecule has 11 nitrogen and oxygen atoms in total. The summed E-state index contributed by atoms with van der Waals surface area (Å²) in [6.07, 6.45) is 5.91. The molecule has 2 amide bonds. The van der Waals surface area contributed by atoms with Crippen molar-refractivity contribution < 1.29 is 23.5 Å². The van der Waals surface area contributed by atoms with Crippen molar-refractivity contribution in [3.63, 3.8) is 0 Å². The molecule has 44 heavy (non-hydrogen) atoms. The summed E-state index contributed by atoms with van der Waals surface area (Å²) in [7, 11) is 3.19. The quantitative estimate of drug-likeness (QED) is 0.248. The number of likely N-dealkylation sites (tertiary alicyclic amines) is 1. The number of rotatable bonds is 9. The number of ether oxygens (including phenoxy) is 2. The van der Waals surface area contributed by atoms with Crippen molar-refractivity contribution in [1.82, 2.24) is 25.0 Å². The molecular weight excluding hydrogens is 567 g/mol. The number of piperidine rings is 2. The molecule has 4 aromatic rings. The molecule has 0 bridgehead atoms. The predicted octanol–water partition coefficient (Wildman–Crippen LogP) is 3.58. The molecule has 2 aromatic heterocycles. The number of pyridine rings is 1.